The van der Waals surface area contributed by atoms with Crippen molar-refractivity contribution in [1.29, 1.82) is 0 Å². The summed E-state index contributed by atoms with van der Waals surface area (Å²) in [7, 11) is 0. The van der Waals surface area contributed by atoms with Crippen LogP contribution in [0.1, 0.15) is 36.0 Å². The lowest BCUT2D eigenvalue weighted by molar-refractivity contribution is 0.0890. The van der Waals surface area contributed by atoms with E-state index in [4.69, 9.17) is 4.74 Å². The number of pyridine rings is 1. The quantitative estimate of drug-likeness (QED) is 0.880. The highest BCUT2D eigenvalue weighted by Crippen LogP contribution is 2.23. The molecule has 120 valence electrons. The van der Waals surface area contributed by atoms with Crippen LogP contribution in [-0.2, 0) is 0 Å². The van der Waals surface area contributed by atoms with E-state index in [1.165, 1.54) is 0 Å². The minimum absolute atomic E-state index is 0.00778. The van der Waals surface area contributed by atoms with E-state index in [0.29, 0.717) is 11.4 Å². The number of carbonyl (C=O) groups excluding carboxylic acids is 1. The first-order chi connectivity index (χ1) is 11.2. The first-order valence-corrected chi connectivity index (χ1v) is 8.64. The number of halogens is 1. The Morgan fingerprint density at radius 1 is 1.09 bits per heavy atom. The minimum Gasteiger partial charge on any atom is -0.474 e. The minimum atomic E-state index is -0.00778. The van der Waals surface area contributed by atoms with Crippen LogP contribution in [0.4, 0.5) is 0 Å². The average Bonchev–Trinajstić information content (AvgIpc) is 2.58. The molecule has 0 bridgehead atoms. The lowest BCUT2D eigenvalue weighted by atomic mass is 9.92. The Balaban J connectivity index is 1.47. The molecule has 5 heteroatoms. The maximum absolute atomic E-state index is 12.2. The van der Waals surface area contributed by atoms with Crippen molar-refractivity contribution in [2.24, 2.45) is 0 Å². The summed E-state index contributed by atoms with van der Waals surface area (Å²) >= 11 is 3.38. The largest absolute Gasteiger partial charge is 0.474 e. The van der Waals surface area contributed by atoms with Crippen molar-refractivity contribution in [2.75, 3.05) is 0 Å². The van der Waals surface area contributed by atoms with Crippen LogP contribution in [0.25, 0.3) is 0 Å². The lowest BCUT2D eigenvalue weighted by Gasteiger charge is -2.29. The Bertz CT molecular complexity index is 638. The third kappa shape index (κ3) is 4.55. The van der Waals surface area contributed by atoms with Crippen molar-refractivity contribution in [2.45, 2.75) is 37.8 Å². The molecule has 1 saturated carbocycles. The average molecular weight is 375 g/mol. The summed E-state index contributed by atoms with van der Waals surface area (Å²) in [4.78, 5) is 16.4. The van der Waals surface area contributed by atoms with Gasteiger partial charge in [-0.3, -0.25) is 4.79 Å². The molecule has 0 unspecified atom stereocenters. The second kappa shape index (κ2) is 7.59. The summed E-state index contributed by atoms with van der Waals surface area (Å²) in [5, 5.41) is 3.11. The van der Waals surface area contributed by atoms with Gasteiger partial charge in [0.15, 0.2) is 0 Å². The van der Waals surface area contributed by atoms with Crippen molar-refractivity contribution in [1.82, 2.24) is 10.3 Å². The zero-order valence-electron chi connectivity index (χ0n) is 12.7. The molecular formula is C18H19BrN2O2. The monoisotopic (exact) mass is 374 g/mol. The van der Waals surface area contributed by atoms with Gasteiger partial charge in [-0.1, -0.05) is 22.0 Å². The van der Waals surface area contributed by atoms with Crippen LogP contribution in [0.5, 0.6) is 5.88 Å². The van der Waals surface area contributed by atoms with Crippen LogP contribution < -0.4 is 10.1 Å². The molecule has 1 N–H and O–H groups in total. The number of amides is 1. The molecule has 1 aliphatic carbocycles. The van der Waals surface area contributed by atoms with E-state index >= 15 is 0 Å². The molecule has 23 heavy (non-hydrogen) atoms. The summed E-state index contributed by atoms with van der Waals surface area (Å²) in [6, 6.07) is 13.3. The number of rotatable bonds is 4. The highest BCUT2D eigenvalue weighted by molar-refractivity contribution is 9.10. The normalized spacial score (nSPS) is 20.7. The number of ether oxygens (including phenoxy) is 1. The lowest BCUT2D eigenvalue weighted by Crippen LogP contribution is -2.39. The second-order valence-electron chi connectivity index (χ2n) is 5.74. The smallest absolute Gasteiger partial charge is 0.251 e. The summed E-state index contributed by atoms with van der Waals surface area (Å²) in [6.45, 7) is 0. The molecule has 4 nitrogen and oxygen atoms in total. The van der Waals surface area contributed by atoms with Gasteiger partial charge in [0.2, 0.25) is 5.88 Å². The Labute approximate surface area is 144 Å². The molecule has 1 aliphatic rings. The van der Waals surface area contributed by atoms with Crippen LogP contribution in [0.2, 0.25) is 0 Å². The SMILES string of the molecule is O=C(NC1CCC(Oc2ccccn2)CC1)c1ccc(Br)cc1. The molecule has 0 atom stereocenters. The number of hydrogen-bond donors (Lipinski definition) is 1. The van der Waals surface area contributed by atoms with Crippen molar-refractivity contribution in [3.63, 3.8) is 0 Å². The van der Waals surface area contributed by atoms with Crippen molar-refractivity contribution in [3.05, 3.63) is 58.7 Å². The molecule has 0 saturated heterocycles. The molecule has 1 fully saturated rings. The van der Waals surface area contributed by atoms with Gasteiger partial charge in [-0.15, -0.1) is 0 Å². The van der Waals surface area contributed by atoms with Crippen LogP contribution in [0.3, 0.4) is 0 Å². The molecule has 1 aromatic heterocycles. The first-order valence-electron chi connectivity index (χ1n) is 7.85. The van der Waals surface area contributed by atoms with E-state index in [1.54, 1.807) is 6.20 Å². The number of carbonyl (C=O) groups is 1. The molecule has 1 amide bonds. The van der Waals surface area contributed by atoms with Crippen molar-refractivity contribution >= 4 is 21.8 Å². The predicted octanol–water partition coefficient (Wildman–Crippen LogP) is 3.96. The topological polar surface area (TPSA) is 51.2 Å². The fourth-order valence-corrected chi connectivity index (χ4v) is 3.05. The summed E-state index contributed by atoms with van der Waals surface area (Å²) in [6.07, 6.45) is 5.65. The van der Waals surface area contributed by atoms with Gasteiger partial charge >= 0.3 is 0 Å². The fraction of sp³-hybridized carbons (Fsp3) is 0.333. The Morgan fingerprint density at radius 2 is 1.83 bits per heavy atom. The highest BCUT2D eigenvalue weighted by atomic mass is 79.9. The van der Waals surface area contributed by atoms with Crippen LogP contribution in [0, 0.1) is 0 Å². The molecule has 0 spiro atoms. The van der Waals surface area contributed by atoms with Gasteiger partial charge in [-0.05, 0) is 56.0 Å². The third-order valence-electron chi connectivity index (χ3n) is 4.04. The number of aromatic nitrogens is 1. The first kappa shape index (κ1) is 16.0. The number of benzene rings is 1. The maximum atomic E-state index is 12.2. The molecule has 2 aromatic rings. The number of hydrogen-bond acceptors (Lipinski definition) is 3. The van der Waals surface area contributed by atoms with Gasteiger partial charge in [0.05, 0.1) is 0 Å². The summed E-state index contributed by atoms with van der Waals surface area (Å²) in [5.74, 6) is 0.668. The van der Waals surface area contributed by atoms with Crippen LogP contribution in [0.15, 0.2) is 53.1 Å². The van der Waals surface area contributed by atoms with Gasteiger partial charge < -0.3 is 10.1 Å². The standard InChI is InChI=1S/C18H19BrN2O2/c19-14-6-4-13(5-7-14)18(22)21-15-8-10-16(11-9-15)23-17-3-1-2-12-20-17/h1-7,12,15-16H,8-11H2,(H,21,22). The van der Waals surface area contributed by atoms with Gasteiger partial charge in [-0.25, -0.2) is 4.98 Å². The molecule has 0 radical (unpaired) electrons. The molecular weight excluding hydrogens is 356 g/mol. The summed E-state index contributed by atoms with van der Waals surface area (Å²) in [5.41, 5.74) is 0.694. The van der Waals surface area contributed by atoms with Gasteiger partial charge in [0, 0.05) is 28.3 Å². The number of nitrogens with zero attached hydrogens (tertiary/aromatic N) is 1. The zero-order chi connectivity index (χ0) is 16.1. The Hall–Kier alpha value is -1.88. The van der Waals surface area contributed by atoms with Gasteiger partial charge in [-0.2, -0.15) is 0 Å². The highest BCUT2D eigenvalue weighted by Gasteiger charge is 2.24. The second-order valence-corrected chi connectivity index (χ2v) is 6.66. The zero-order valence-corrected chi connectivity index (χ0v) is 14.3. The van der Waals surface area contributed by atoms with E-state index in [-0.39, 0.29) is 18.1 Å². The fourth-order valence-electron chi connectivity index (χ4n) is 2.78. The van der Waals surface area contributed by atoms with Gasteiger partial charge in [0.1, 0.15) is 6.10 Å². The van der Waals surface area contributed by atoms with Crippen LogP contribution in [-0.4, -0.2) is 23.0 Å². The Morgan fingerprint density at radius 3 is 2.48 bits per heavy atom. The van der Waals surface area contributed by atoms with Crippen molar-refractivity contribution < 1.29 is 9.53 Å². The predicted molar refractivity (Wildman–Crippen MR) is 92.5 cm³/mol. The molecule has 1 aromatic carbocycles. The third-order valence-corrected chi connectivity index (χ3v) is 4.57. The number of nitrogens with one attached hydrogen (secondary N) is 1. The maximum Gasteiger partial charge on any atom is 0.251 e. The van der Waals surface area contributed by atoms with E-state index in [2.05, 4.69) is 26.2 Å². The van der Waals surface area contributed by atoms with E-state index in [0.717, 1.165) is 30.2 Å². The molecule has 3 rings (SSSR count). The van der Waals surface area contributed by atoms with Crippen molar-refractivity contribution in [3.8, 4) is 5.88 Å². The summed E-state index contributed by atoms with van der Waals surface area (Å²) < 4.78 is 6.85. The molecule has 0 aliphatic heterocycles. The van der Waals surface area contributed by atoms with Gasteiger partial charge in [0.25, 0.3) is 5.91 Å². The van der Waals surface area contributed by atoms with E-state index in [1.807, 2.05) is 42.5 Å². The molecule has 1 heterocycles. The van der Waals surface area contributed by atoms with Crippen LogP contribution >= 0.6 is 15.9 Å². The Kier molecular flexibility index (Phi) is 5.28. The van der Waals surface area contributed by atoms with E-state index in [9.17, 15) is 4.79 Å². The van der Waals surface area contributed by atoms with E-state index < -0.39 is 0 Å².